The van der Waals surface area contributed by atoms with Gasteiger partial charge in [-0.2, -0.15) is 4.39 Å². The van der Waals surface area contributed by atoms with Gasteiger partial charge in [0.15, 0.2) is 11.5 Å². The number of hydrogen-bond donors (Lipinski definition) is 1. The van der Waals surface area contributed by atoms with E-state index in [1.807, 2.05) is 0 Å². The van der Waals surface area contributed by atoms with Gasteiger partial charge in [0.2, 0.25) is 5.82 Å². The molecule has 5 heteroatoms. The number of halogens is 3. The van der Waals surface area contributed by atoms with Gasteiger partial charge in [0.05, 0.1) is 16.6 Å². The monoisotopic (exact) mass is 254 g/mol. The highest BCUT2D eigenvalue weighted by atomic mass is 79.9. The summed E-state index contributed by atoms with van der Waals surface area (Å²) in [5.74, 6) is -1.52. The molecular formula is C7H5BrClFO2. The summed E-state index contributed by atoms with van der Waals surface area (Å²) in [7, 11) is 1.30. The van der Waals surface area contributed by atoms with Crippen LogP contribution in [0.15, 0.2) is 10.5 Å². The first-order chi connectivity index (χ1) is 5.57. The lowest BCUT2D eigenvalue weighted by Gasteiger charge is -2.06. The number of ether oxygens (including phenoxy) is 1. The second-order valence-electron chi connectivity index (χ2n) is 2.04. The quantitative estimate of drug-likeness (QED) is 0.836. The van der Waals surface area contributed by atoms with Gasteiger partial charge >= 0.3 is 0 Å². The van der Waals surface area contributed by atoms with Crippen LogP contribution in [0.4, 0.5) is 4.39 Å². The first-order valence-corrected chi connectivity index (χ1v) is 4.15. The Hall–Kier alpha value is -0.480. The molecule has 0 aliphatic carbocycles. The molecule has 0 fully saturated rings. The van der Waals surface area contributed by atoms with Crippen LogP contribution in [0.25, 0.3) is 0 Å². The minimum atomic E-state index is -0.864. The van der Waals surface area contributed by atoms with Crippen LogP contribution in [0.1, 0.15) is 0 Å². The molecule has 1 aromatic rings. The van der Waals surface area contributed by atoms with Crippen molar-refractivity contribution in [1.29, 1.82) is 0 Å². The highest BCUT2D eigenvalue weighted by Gasteiger charge is 2.15. The molecule has 1 N–H and O–H groups in total. The zero-order valence-electron chi connectivity index (χ0n) is 6.07. The Morgan fingerprint density at radius 2 is 2.25 bits per heavy atom. The maximum Gasteiger partial charge on any atom is 0.209 e. The van der Waals surface area contributed by atoms with E-state index in [4.69, 9.17) is 16.7 Å². The molecule has 0 saturated heterocycles. The third kappa shape index (κ3) is 1.49. The molecule has 0 heterocycles. The van der Waals surface area contributed by atoms with E-state index in [2.05, 4.69) is 20.7 Å². The Labute approximate surface area is 82.0 Å². The van der Waals surface area contributed by atoms with Gasteiger partial charge in [-0.15, -0.1) is 0 Å². The second kappa shape index (κ2) is 3.49. The molecule has 0 unspecified atom stereocenters. The average molecular weight is 255 g/mol. The number of hydrogen-bond acceptors (Lipinski definition) is 2. The highest BCUT2D eigenvalue weighted by molar-refractivity contribution is 9.10. The van der Waals surface area contributed by atoms with Crippen molar-refractivity contribution in [3.8, 4) is 11.5 Å². The van der Waals surface area contributed by atoms with Crippen LogP contribution in [0.2, 0.25) is 5.02 Å². The van der Waals surface area contributed by atoms with Crippen LogP contribution in [0.3, 0.4) is 0 Å². The fraction of sp³-hybridized carbons (Fsp3) is 0.143. The van der Waals surface area contributed by atoms with Gasteiger partial charge in [-0.25, -0.2) is 0 Å². The molecule has 66 valence electrons. The van der Waals surface area contributed by atoms with Crippen molar-refractivity contribution in [3.05, 3.63) is 21.4 Å². The van der Waals surface area contributed by atoms with Crippen LogP contribution in [-0.4, -0.2) is 12.2 Å². The fourth-order valence-electron chi connectivity index (χ4n) is 0.749. The van der Waals surface area contributed by atoms with Crippen molar-refractivity contribution in [2.75, 3.05) is 7.11 Å². The van der Waals surface area contributed by atoms with E-state index in [1.54, 1.807) is 0 Å². The van der Waals surface area contributed by atoms with Gasteiger partial charge < -0.3 is 9.84 Å². The molecule has 0 atom stereocenters. The first-order valence-electron chi connectivity index (χ1n) is 2.98. The Morgan fingerprint density at radius 1 is 1.67 bits per heavy atom. The summed E-state index contributed by atoms with van der Waals surface area (Å²) in [5.41, 5.74) is 0. The molecule has 0 amide bonds. The Balaban J connectivity index is 3.40. The summed E-state index contributed by atoms with van der Waals surface area (Å²) in [6.07, 6.45) is 0. The average Bonchev–Trinajstić information content (AvgIpc) is 2.01. The predicted molar refractivity (Wildman–Crippen MR) is 47.3 cm³/mol. The molecule has 12 heavy (non-hydrogen) atoms. The van der Waals surface area contributed by atoms with E-state index >= 15 is 0 Å². The fourth-order valence-corrected chi connectivity index (χ4v) is 1.64. The van der Waals surface area contributed by atoms with E-state index in [9.17, 15) is 4.39 Å². The van der Waals surface area contributed by atoms with Gasteiger partial charge in [0.1, 0.15) is 0 Å². The van der Waals surface area contributed by atoms with E-state index in [1.165, 1.54) is 13.2 Å². The van der Waals surface area contributed by atoms with Crippen LogP contribution >= 0.6 is 27.5 Å². The summed E-state index contributed by atoms with van der Waals surface area (Å²) in [5, 5.41) is 8.98. The van der Waals surface area contributed by atoms with Crippen molar-refractivity contribution < 1.29 is 14.2 Å². The standard InChI is InChI=1S/C7H5BrClFO2/c1-12-7-3(8)2-4(9)6(11)5(7)10/h2,11H,1H3. The molecule has 0 saturated carbocycles. The number of benzene rings is 1. The summed E-state index contributed by atoms with van der Waals surface area (Å²) in [4.78, 5) is 0. The van der Waals surface area contributed by atoms with Crippen molar-refractivity contribution in [2.24, 2.45) is 0 Å². The number of methoxy groups -OCH3 is 1. The maximum atomic E-state index is 13.0. The van der Waals surface area contributed by atoms with Crippen molar-refractivity contribution in [2.45, 2.75) is 0 Å². The van der Waals surface area contributed by atoms with Crippen LogP contribution in [0, 0.1) is 5.82 Å². The van der Waals surface area contributed by atoms with Crippen LogP contribution < -0.4 is 4.74 Å². The topological polar surface area (TPSA) is 29.5 Å². The summed E-state index contributed by atoms with van der Waals surface area (Å²) >= 11 is 8.50. The minimum Gasteiger partial charge on any atom is -0.504 e. The number of phenolic OH excluding ortho intramolecular Hbond substituents is 1. The summed E-state index contributed by atoms with van der Waals surface area (Å²) < 4.78 is 18.1. The Kier molecular flexibility index (Phi) is 2.80. The third-order valence-electron chi connectivity index (χ3n) is 1.31. The molecule has 1 rings (SSSR count). The molecule has 0 bridgehead atoms. The molecular weight excluding hydrogens is 250 g/mol. The minimum absolute atomic E-state index is 0.0554. The van der Waals surface area contributed by atoms with Crippen LogP contribution in [0.5, 0.6) is 11.5 Å². The lowest BCUT2D eigenvalue weighted by molar-refractivity contribution is 0.362. The number of aromatic hydroxyl groups is 1. The highest BCUT2D eigenvalue weighted by Crippen LogP contribution is 2.38. The molecule has 1 aromatic carbocycles. The van der Waals surface area contributed by atoms with E-state index in [0.717, 1.165) is 0 Å². The largest absolute Gasteiger partial charge is 0.504 e. The molecule has 0 aliphatic heterocycles. The normalized spacial score (nSPS) is 10.0. The molecule has 0 aromatic heterocycles. The molecule has 2 nitrogen and oxygen atoms in total. The molecule has 0 spiro atoms. The SMILES string of the molecule is COc1c(Br)cc(Cl)c(O)c1F. The van der Waals surface area contributed by atoms with Gasteiger partial charge in [0, 0.05) is 0 Å². The third-order valence-corrected chi connectivity index (χ3v) is 2.19. The molecule has 0 aliphatic rings. The Bertz CT molecular complexity index is 317. The van der Waals surface area contributed by atoms with E-state index < -0.39 is 11.6 Å². The van der Waals surface area contributed by atoms with Gasteiger partial charge in [0.25, 0.3) is 0 Å². The van der Waals surface area contributed by atoms with Gasteiger partial charge in [-0.1, -0.05) is 11.6 Å². The lowest BCUT2D eigenvalue weighted by Crippen LogP contribution is -1.90. The van der Waals surface area contributed by atoms with Gasteiger partial charge in [-0.3, -0.25) is 0 Å². The lowest BCUT2D eigenvalue weighted by atomic mass is 10.3. The zero-order chi connectivity index (χ0) is 9.30. The van der Waals surface area contributed by atoms with Crippen molar-refractivity contribution in [3.63, 3.8) is 0 Å². The number of phenols is 1. The summed E-state index contributed by atoms with van der Waals surface area (Å²) in [6, 6.07) is 1.36. The second-order valence-corrected chi connectivity index (χ2v) is 3.30. The van der Waals surface area contributed by atoms with Crippen molar-refractivity contribution in [1.82, 2.24) is 0 Å². The molecule has 0 radical (unpaired) electrons. The van der Waals surface area contributed by atoms with E-state index in [-0.39, 0.29) is 10.8 Å². The smallest absolute Gasteiger partial charge is 0.209 e. The number of rotatable bonds is 1. The van der Waals surface area contributed by atoms with Crippen molar-refractivity contribution >= 4 is 27.5 Å². The zero-order valence-corrected chi connectivity index (χ0v) is 8.41. The maximum absolute atomic E-state index is 13.0. The van der Waals surface area contributed by atoms with Gasteiger partial charge in [-0.05, 0) is 22.0 Å². The summed E-state index contributed by atoms with van der Waals surface area (Å²) in [6.45, 7) is 0. The Morgan fingerprint density at radius 3 is 2.75 bits per heavy atom. The van der Waals surface area contributed by atoms with E-state index in [0.29, 0.717) is 4.47 Å². The predicted octanol–water partition coefficient (Wildman–Crippen LogP) is 2.96. The first kappa shape index (κ1) is 9.61. The van der Waals surface area contributed by atoms with Crippen LogP contribution in [-0.2, 0) is 0 Å².